The first kappa shape index (κ1) is 19.8. The van der Waals surface area contributed by atoms with E-state index in [0.717, 1.165) is 27.7 Å². The minimum atomic E-state index is -1.44. The van der Waals surface area contributed by atoms with Crippen molar-refractivity contribution >= 4 is 23.9 Å². The zero-order valence-electron chi connectivity index (χ0n) is 13.7. The lowest BCUT2D eigenvalue weighted by Crippen LogP contribution is -2.62. The molecule has 0 bridgehead atoms. The number of aliphatic hydroxyl groups excluding tert-OH is 1. The molecule has 136 valence electrons. The fourth-order valence-electron chi connectivity index (χ4n) is 2.26. The lowest BCUT2D eigenvalue weighted by Gasteiger charge is -2.43. The van der Waals surface area contributed by atoms with Crippen LogP contribution in [0, 0.1) is 0 Å². The zero-order valence-corrected chi connectivity index (χ0v) is 13.7. The molecule has 24 heavy (non-hydrogen) atoms. The molecule has 1 saturated heterocycles. The largest absolute Gasteiger partial charge is 0.456 e. The Labute approximate surface area is 137 Å². The van der Waals surface area contributed by atoms with Gasteiger partial charge >= 0.3 is 23.9 Å². The Morgan fingerprint density at radius 3 is 1.58 bits per heavy atom. The number of carbonyl (C=O) groups is 4. The Morgan fingerprint density at radius 1 is 0.750 bits per heavy atom. The summed E-state index contributed by atoms with van der Waals surface area (Å²) >= 11 is 0. The van der Waals surface area contributed by atoms with Crippen LogP contribution in [0.5, 0.6) is 0 Å². The summed E-state index contributed by atoms with van der Waals surface area (Å²) in [5.74, 6) is -3.00. The summed E-state index contributed by atoms with van der Waals surface area (Å²) in [7, 11) is 0. The van der Waals surface area contributed by atoms with Crippen LogP contribution in [0.15, 0.2) is 0 Å². The van der Waals surface area contributed by atoms with E-state index in [4.69, 9.17) is 23.7 Å². The maximum atomic E-state index is 11.4. The van der Waals surface area contributed by atoms with E-state index < -0.39 is 61.2 Å². The first-order chi connectivity index (χ1) is 11.1. The van der Waals surface area contributed by atoms with Gasteiger partial charge in [-0.1, -0.05) is 0 Å². The Kier molecular flexibility index (Phi) is 7.11. The first-order valence-electron chi connectivity index (χ1n) is 7.11. The predicted octanol–water partition coefficient (Wildman–Crippen LogP) is -0.938. The molecule has 0 aromatic carbocycles. The van der Waals surface area contributed by atoms with Gasteiger partial charge in [-0.2, -0.15) is 0 Å². The molecule has 1 aliphatic rings. The number of hydrogen-bond acceptors (Lipinski definition) is 10. The van der Waals surface area contributed by atoms with E-state index >= 15 is 0 Å². The van der Waals surface area contributed by atoms with Crippen LogP contribution in [0.2, 0.25) is 0 Å². The van der Waals surface area contributed by atoms with Gasteiger partial charge in [0.2, 0.25) is 12.4 Å². The molecule has 0 aliphatic carbocycles. The number of carbonyl (C=O) groups excluding carboxylic acids is 4. The molecule has 0 unspecified atom stereocenters. The molecule has 0 spiro atoms. The average Bonchev–Trinajstić information content (AvgIpc) is 2.42. The van der Waals surface area contributed by atoms with E-state index in [0.29, 0.717) is 0 Å². The van der Waals surface area contributed by atoms with Crippen molar-refractivity contribution in [3.63, 3.8) is 0 Å². The summed E-state index contributed by atoms with van der Waals surface area (Å²) in [6.45, 7) is 3.77. The summed E-state index contributed by atoms with van der Waals surface area (Å²) in [4.78, 5) is 45.3. The van der Waals surface area contributed by atoms with Gasteiger partial charge in [-0.15, -0.1) is 0 Å². The Bertz CT molecular complexity index is 502. The van der Waals surface area contributed by atoms with Crippen molar-refractivity contribution in [1.82, 2.24) is 0 Å². The Balaban J connectivity index is 3.23. The van der Waals surface area contributed by atoms with E-state index in [9.17, 15) is 24.3 Å². The highest BCUT2D eigenvalue weighted by Gasteiger charge is 2.53. The molecule has 0 aromatic heterocycles. The summed E-state index contributed by atoms with van der Waals surface area (Å²) in [6, 6.07) is 0. The number of esters is 4. The van der Waals surface area contributed by atoms with Crippen molar-refractivity contribution in [2.24, 2.45) is 0 Å². The van der Waals surface area contributed by atoms with Gasteiger partial charge in [0.15, 0.2) is 12.2 Å². The topological polar surface area (TPSA) is 135 Å². The summed E-state index contributed by atoms with van der Waals surface area (Å²) < 4.78 is 25.4. The van der Waals surface area contributed by atoms with Gasteiger partial charge in [0.25, 0.3) is 0 Å². The standard InChI is InChI=1S/C14H20O10/c1-6(16)20-11-10(5-15)24-14(23-9(4)19)13(22-8(3)18)12(11)21-7(2)17/h10-15H,5H2,1-4H3/t10-,11+,12+,13-,14+/m1/s1. The molecule has 1 aliphatic heterocycles. The lowest BCUT2D eigenvalue weighted by atomic mass is 9.98. The second-order valence-corrected chi connectivity index (χ2v) is 5.06. The van der Waals surface area contributed by atoms with Crippen LogP contribution >= 0.6 is 0 Å². The molecule has 1 heterocycles. The number of ether oxygens (including phenoxy) is 5. The monoisotopic (exact) mass is 348 g/mol. The minimum Gasteiger partial charge on any atom is -0.456 e. The molecule has 1 fully saturated rings. The third-order valence-corrected chi connectivity index (χ3v) is 2.96. The van der Waals surface area contributed by atoms with Crippen molar-refractivity contribution in [2.45, 2.75) is 58.4 Å². The van der Waals surface area contributed by atoms with Gasteiger partial charge in [0.1, 0.15) is 6.10 Å². The van der Waals surface area contributed by atoms with E-state index in [-0.39, 0.29) is 0 Å². The average molecular weight is 348 g/mol. The van der Waals surface area contributed by atoms with Gasteiger partial charge in [0.05, 0.1) is 6.61 Å². The van der Waals surface area contributed by atoms with Gasteiger partial charge in [-0.3, -0.25) is 19.2 Å². The highest BCUT2D eigenvalue weighted by molar-refractivity contribution is 5.69. The smallest absolute Gasteiger partial charge is 0.305 e. The van der Waals surface area contributed by atoms with Crippen molar-refractivity contribution < 1.29 is 48.0 Å². The number of hydrogen-bond donors (Lipinski definition) is 1. The third-order valence-electron chi connectivity index (χ3n) is 2.96. The van der Waals surface area contributed by atoms with Gasteiger partial charge in [-0.25, -0.2) is 0 Å². The highest BCUT2D eigenvalue weighted by Crippen LogP contribution is 2.29. The Hall–Kier alpha value is -2.20. The molecule has 10 heteroatoms. The van der Waals surface area contributed by atoms with Crippen molar-refractivity contribution in [3.05, 3.63) is 0 Å². The Morgan fingerprint density at radius 2 is 1.17 bits per heavy atom. The summed E-state index contributed by atoms with van der Waals surface area (Å²) in [5, 5.41) is 9.44. The van der Waals surface area contributed by atoms with E-state index in [1.807, 2.05) is 0 Å². The minimum absolute atomic E-state index is 0.625. The van der Waals surface area contributed by atoms with Crippen LogP contribution in [-0.2, 0) is 42.9 Å². The molecule has 1 N–H and O–H groups in total. The molecular formula is C14H20O10. The molecule has 0 saturated carbocycles. The van der Waals surface area contributed by atoms with Crippen LogP contribution < -0.4 is 0 Å². The maximum Gasteiger partial charge on any atom is 0.305 e. The van der Waals surface area contributed by atoms with Crippen LogP contribution in [0.1, 0.15) is 27.7 Å². The van der Waals surface area contributed by atoms with Crippen LogP contribution in [0.25, 0.3) is 0 Å². The predicted molar refractivity (Wildman–Crippen MR) is 74.2 cm³/mol. The number of aliphatic hydroxyl groups is 1. The van der Waals surface area contributed by atoms with E-state index in [1.54, 1.807) is 0 Å². The molecular weight excluding hydrogens is 328 g/mol. The summed E-state index contributed by atoms with van der Waals surface area (Å²) in [6.07, 6.45) is -6.56. The fourth-order valence-corrected chi connectivity index (χ4v) is 2.26. The number of rotatable bonds is 5. The second-order valence-electron chi connectivity index (χ2n) is 5.06. The van der Waals surface area contributed by atoms with Crippen molar-refractivity contribution in [3.8, 4) is 0 Å². The van der Waals surface area contributed by atoms with Crippen molar-refractivity contribution in [2.75, 3.05) is 6.61 Å². The molecule has 0 amide bonds. The van der Waals surface area contributed by atoms with Crippen LogP contribution in [0.3, 0.4) is 0 Å². The van der Waals surface area contributed by atoms with Gasteiger partial charge < -0.3 is 28.8 Å². The molecule has 0 aromatic rings. The van der Waals surface area contributed by atoms with E-state index in [2.05, 4.69) is 0 Å². The van der Waals surface area contributed by atoms with Gasteiger partial charge in [0, 0.05) is 27.7 Å². The fraction of sp³-hybridized carbons (Fsp3) is 0.714. The van der Waals surface area contributed by atoms with Crippen LogP contribution in [0.4, 0.5) is 0 Å². The lowest BCUT2D eigenvalue weighted by molar-refractivity contribution is -0.299. The molecule has 0 radical (unpaired) electrons. The van der Waals surface area contributed by atoms with E-state index in [1.165, 1.54) is 0 Å². The first-order valence-corrected chi connectivity index (χ1v) is 7.11. The summed E-state index contributed by atoms with van der Waals surface area (Å²) in [5.41, 5.74) is 0. The molecule has 10 nitrogen and oxygen atoms in total. The zero-order chi connectivity index (χ0) is 18.4. The van der Waals surface area contributed by atoms with Crippen molar-refractivity contribution in [1.29, 1.82) is 0 Å². The van der Waals surface area contributed by atoms with Crippen LogP contribution in [-0.4, -0.2) is 66.3 Å². The molecule has 5 atom stereocenters. The molecule has 1 rings (SSSR count). The SMILES string of the molecule is CC(=O)O[C@H]1O[C@H](CO)[C@H](OC(C)=O)[C@H](OC(C)=O)[C@H]1OC(C)=O. The van der Waals surface area contributed by atoms with Gasteiger partial charge in [-0.05, 0) is 0 Å². The quantitative estimate of drug-likeness (QED) is 0.490. The second kappa shape index (κ2) is 8.60. The third kappa shape index (κ3) is 5.46. The normalized spacial score (nSPS) is 29.3. The highest BCUT2D eigenvalue weighted by atomic mass is 16.7. The maximum absolute atomic E-state index is 11.4.